The zero-order valence-corrected chi connectivity index (χ0v) is 12.5. The Morgan fingerprint density at radius 2 is 2.11 bits per heavy atom. The van der Waals surface area contributed by atoms with Crippen molar-refractivity contribution < 1.29 is 9.53 Å². The van der Waals surface area contributed by atoms with Gasteiger partial charge in [-0.2, -0.15) is 0 Å². The number of likely N-dealkylation sites (tertiary alicyclic amines) is 1. The molecule has 1 atom stereocenters. The lowest BCUT2D eigenvalue weighted by molar-refractivity contribution is 0.0166. The molecule has 0 aromatic heterocycles. The number of nitrogens with zero attached hydrogens (tertiary/aromatic N) is 1. The molecule has 18 heavy (non-hydrogen) atoms. The number of nitrogens with one attached hydrogen (secondary N) is 1. The van der Waals surface area contributed by atoms with Crippen LogP contribution in [0.25, 0.3) is 0 Å². The van der Waals surface area contributed by atoms with Crippen molar-refractivity contribution in [2.45, 2.75) is 59.1 Å². The van der Waals surface area contributed by atoms with Gasteiger partial charge in [0.25, 0.3) is 0 Å². The van der Waals surface area contributed by atoms with Gasteiger partial charge in [0.05, 0.1) is 0 Å². The second-order valence-corrected chi connectivity index (χ2v) is 6.50. The summed E-state index contributed by atoms with van der Waals surface area (Å²) in [5.41, 5.74) is -0.403. The Labute approximate surface area is 111 Å². The van der Waals surface area contributed by atoms with E-state index in [1.54, 1.807) is 0 Å². The molecule has 106 valence electrons. The van der Waals surface area contributed by atoms with Gasteiger partial charge in [-0.05, 0) is 46.1 Å². The topological polar surface area (TPSA) is 41.6 Å². The van der Waals surface area contributed by atoms with E-state index >= 15 is 0 Å². The summed E-state index contributed by atoms with van der Waals surface area (Å²) in [6.45, 7) is 12.6. The smallest absolute Gasteiger partial charge is 0.410 e. The first-order chi connectivity index (χ1) is 8.28. The van der Waals surface area contributed by atoms with Gasteiger partial charge in [0.2, 0.25) is 0 Å². The summed E-state index contributed by atoms with van der Waals surface area (Å²) >= 11 is 0. The van der Waals surface area contributed by atoms with Crippen LogP contribution in [0, 0.1) is 5.92 Å². The van der Waals surface area contributed by atoms with Crippen molar-refractivity contribution in [2.24, 2.45) is 5.92 Å². The number of amides is 1. The number of hydrogen-bond acceptors (Lipinski definition) is 3. The van der Waals surface area contributed by atoms with Crippen LogP contribution in [0.5, 0.6) is 0 Å². The van der Waals surface area contributed by atoms with Gasteiger partial charge >= 0.3 is 6.09 Å². The van der Waals surface area contributed by atoms with Gasteiger partial charge in [-0.25, -0.2) is 4.79 Å². The molecule has 0 spiro atoms. The lowest BCUT2D eigenvalue weighted by Crippen LogP contribution is -2.45. The Hall–Kier alpha value is -0.770. The molecule has 0 saturated carbocycles. The molecule has 0 aromatic carbocycles. The zero-order chi connectivity index (χ0) is 13.8. The van der Waals surface area contributed by atoms with Gasteiger partial charge < -0.3 is 15.0 Å². The summed E-state index contributed by atoms with van der Waals surface area (Å²) in [4.78, 5) is 13.8. The fourth-order valence-corrected chi connectivity index (χ4v) is 2.13. The molecular formula is C14H28N2O2. The fraction of sp³-hybridized carbons (Fsp3) is 0.929. The first-order valence-corrected chi connectivity index (χ1v) is 6.99. The summed E-state index contributed by atoms with van der Waals surface area (Å²) in [7, 11) is 0. The van der Waals surface area contributed by atoms with E-state index in [9.17, 15) is 4.79 Å². The van der Waals surface area contributed by atoms with Crippen LogP contribution in [-0.2, 0) is 4.74 Å². The van der Waals surface area contributed by atoms with E-state index in [2.05, 4.69) is 19.2 Å². The van der Waals surface area contributed by atoms with E-state index in [-0.39, 0.29) is 6.09 Å². The van der Waals surface area contributed by atoms with Crippen LogP contribution in [0.15, 0.2) is 0 Å². The minimum Gasteiger partial charge on any atom is -0.444 e. The van der Waals surface area contributed by atoms with Gasteiger partial charge in [0, 0.05) is 19.1 Å². The lowest BCUT2D eigenvalue weighted by atomic mass is 9.98. The molecule has 1 fully saturated rings. The molecule has 4 nitrogen and oxygen atoms in total. The Balaban J connectivity index is 2.40. The zero-order valence-electron chi connectivity index (χ0n) is 12.5. The molecule has 1 N–H and O–H groups in total. The maximum Gasteiger partial charge on any atom is 0.410 e. The van der Waals surface area contributed by atoms with E-state index in [1.165, 1.54) is 6.42 Å². The van der Waals surface area contributed by atoms with Gasteiger partial charge in [0.1, 0.15) is 5.60 Å². The lowest BCUT2D eigenvalue weighted by Gasteiger charge is -2.34. The Morgan fingerprint density at radius 1 is 1.44 bits per heavy atom. The monoisotopic (exact) mass is 256 g/mol. The largest absolute Gasteiger partial charge is 0.444 e. The molecule has 0 aliphatic carbocycles. The van der Waals surface area contributed by atoms with Gasteiger partial charge in [-0.15, -0.1) is 0 Å². The molecule has 1 heterocycles. The minimum absolute atomic E-state index is 0.170. The number of ether oxygens (including phenoxy) is 1. The van der Waals surface area contributed by atoms with Crippen molar-refractivity contribution in [1.82, 2.24) is 10.2 Å². The molecule has 1 aliphatic heterocycles. The predicted molar refractivity (Wildman–Crippen MR) is 73.7 cm³/mol. The quantitative estimate of drug-likeness (QED) is 0.844. The van der Waals surface area contributed by atoms with Crippen LogP contribution >= 0.6 is 0 Å². The molecule has 1 amide bonds. The van der Waals surface area contributed by atoms with Crippen molar-refractivity contribution in [3.63, 3.8) is 0 Å². The van der Waals surface area contributed by atoms with E-state index < -0.39 is 5.60 Å². The molecule has 1 saturated heterocycles. The van der Waals surface area contributed by atoms with Crippen molar-refractivity contribution in [1.29, 1.82) is 0 Å². The summed E-state index contributed by atoms with van der Waals surface area (Å²) in [5, 5.41) is 3.44. The molecule has 1 rings (SSSR count). The normalized spacial score (nSPS) is 21.2. The maximum atomic E-state index is 12.0. The number of hydrogen-bond donors (Lipinski definition) is 1. The van der Waals surface area contributed by atoms with E-state index in [0.29, 0.717) is 12.0 Å². The van der Waals surface area contributed by atoms with Crippen LogP contribution in [-0.4, -0.2) is 42.3 Å². The molecule has 0 unspecified atom stereocenters. The van der Waals surface area contributed by atoms with Crippen LogP contribution < -0.4 is 5.32 Å². The SMILES string of the molecule is CC(C)NC[C@H]1CCCN(C(=O)OC(C)(C)C)C1. The maximum absolute atomic E-state index is 12.0. The first-order valence-electron chi connectivity index (χ1n) is 6.99. The van der Waals surface area contributed by atoms with Crippen LogP contribution in [0.4, 0.5) is 4.79 Å². The highest BCUT2D eigenvalue weighted by Gasteiger charge is 2.27. The molecule has 1 aliphatic rings. The van der Waals surface area contributed by atoms with Crippen molar-refractivity contribution in [2.75, 3.05) is 19.6 Å². The fourth-order valence-electron chi connectivity index (χ4n) is 2.13. The average molecular weight is 256 g/mol. The van der Waals surface area contributed by atoms with Gasteiger partial charge in [0.15, 0.2) is 0 Å². The van der Waals surface area contributed by atoms with Crippen LogP contribution in [0.2, 0.25) is 0 Å². The Morgan fingerprint density at radius 3 is 2.67 bits per heavy atom. The van der Waals surface area contributed by atoms with E-state index in [1.807, 2.05) is 25.7 Å². The number of rotatable bonds is 3. The summed E-state index contributed by atoms with van der Waals surface area (Å²) in [6.07, 6.45) is 2.10. The highest BCUT2D eigenvalue weighted by atomic mass is 16.6. The third kappa shape index (κ3) is 5.71. The van der Waals surface area contributed by atoms with E-state index in [4.69, 9.17) is 4.74 Å². The number of carbonyl (C=O) groups is 1. The standard InChI is InChI=1S/C14H28N2O2/c1-11(2)15-9-12-7-6-8-16(10-12)13(17)18-14(3,4)5/h11-12,15H,6-10H2,1-5H3/t12-/m1/s1. The summed E-state index contributed by atoms with van der Waals surface area (Å²) in [5.74, 6) is 0.550. The summed E-state index contributed by atoms with van der Waals surface area (Å²) in [6, 6.07) is 0.502. The average Bonchev–Trinajstić information content (AvgIpc) is 2.24. The molecule has 0 bridgehead atoms. The van der Waals surface area contributed by atoms with Crippen molar-refractivity contribution in [3.05, 3.63) is 0 Å². The van der Waals surface area contributed by atoms with E-state index in [0.717, 1.165) is 26.1 Å². The second-order valence-electron chi connectivity index (χ2n) is 6.50. The predicted octanol–water partition coefficient (Wildman–Crippen LogP) is 2.63. The highest BCUT2D eigenvalue weighted by molar-refractivity contribution is 5.68. The first kappa shape index (κ1) is 15.3. The number of piperidine rings is 1. The third-order valence-electron chi connectivity index (χ3n) is 2.99. The van der Waals surface area contributed by atoms with Gasteiger partial charge in [-0.3, -0.25) is 0 Å². The van der Waals surface area contributed by atoms with Crippen molar-refractivity contribution in [3.8, 4) is 0 Å². The van der Waals surface area contributed by atoms with Crippen LogP contribution in [0.3, 0.4) is 0 Å². The molecule has 4 heteroatoms. The molecular weight excluding hydrogens is 228 g/mol. The third-order valence-corrected chi connectivity index (χ3v) is 2.99. The molecule has 0 aromatic rings. The minimum atomic E-state index is -0.403. The Bertz CT molecular complexity index is 271. The Kier molecular flexibility index (Phi) is 5.45. The van der Waals surface area contributed by atoms with Crippen molar-refractivity contribution >= 4 is 6.09 Å². The number of carbonyl (C=O) groups excluding carboxylic acids is 1. The molecule has 0 radical (unpaired) electrons. The van der Waals surface area contributed by atoms with Gasteiger partial charge in [-0.1, -0.05) is 13.8 Å². The van der Waals surface area contributed by atoms with Crippen LogP contribution in [0.1, 0.15) is 47.5 Å². The highest BCUT2D eigenvalue weighted by Crippen LogP contribution is 2.18. The summed E-state index contributed by atoms with van der Waals surface area (Å²) < 4.78 is 5.42. The second kappa shape index (κ2) is 6.41.